The van der Waals surface area contributed by atoms with E-state index in [2.05, 4.69) is 34.3 Å². The molecule has 184 valence electrons. The monoisotopic (exact) mass is 486 g/mol. The maximum Gasteiger partial charge on any atom is 0.238 e. The summed E-state index contributed by atoms with van der Waals surface area (Å²) >= 11 is 0. The lowest BCUT2D eigenvalue weighted by atomic mass is 9.90. The highest BCUT2D eigenvalue weighted by Gasteiger charge is 2.36. The maximum absolute atomic E-state index is 13.8. The van der Waals surface area contributed by atoms with Gasteiger partial charge in [0.1, 0.15) is 11.7 Å². The fourth-order valence-corrected chi connectivity index (χ4v) is 4.94. The normalized spacial score (nSPS) is 19.9. The number of piperazine rings is 1. The molecule has 7 nitrogen and oxygen atoms in total. The second kappa shape index (κ2) is 9.37. The zero-order chi connectivity index (χ0) is 24.6. The van der Waals surface area contributed by atoms with Gasteiger partial charge in [0, 0.05) is 44.0 Å². The molecule has 3 heterocycles. The number of likely N-dealkylation sites (N-methyl/N-ethyl adjacent to an activating group) is 1. The molecule has 1 N–H and O–H groups in total. The number of fused-ring (bicyclic) bond motifs is 2. The van der Waals surface area contributed by atoms with Gasteiger partial charge in [-0.3, -0.25) is 14.7 Å². The van der Waals surface area contributed by atoms with Crippen molar-refractivity contribution in [2.75, 3.05) is 45.3 Å². The zero-order valence-electron chi connectivity index (χ0n) is 20.0. The van der Waals surface area contributed by atoms with Gasteiger partial charge in [0.2, 0.25) is 12.7 Å². The summed E-state index contributed by atoms with van der Waals surface area (Å²) in [5.41, 5.74) is 4.46. The van der Waals surface area contributed by atoms with Gasteiger partial charge in [-0.2, -0.15) is 0 Å². The molecule has 3 aromatic carbocycles. The van der Waals surface area contributed by atoms with Crippen molar-refractivity contribution in [3.8, 4) is 11.5 Å². The van der Waals surface area contributed by atoms with Gasteiger partial charge in [-0.05, 0) is 60.6 Å². The van der Waals surface area contributed by atoms with E-state index in [9.17, 15) is 9.18 Å². The van der Waals surface area contributed by atoms with Gasteiger partial charge < -0.3 is 19.7 Å². The van der Waals surface area contributed by atoms with E-state index in [1.807, 2.05) is 30.3 Å². The first kappa shape index (κ1) is 22.7. The number of hydrogen-bond donors (Lipinski definition) is 1. The summed E-state index contributed by atoms with van der Waals surface area (Å²) in [5.74, 6) is -0.0398. The Morgan fingerprint density at radius 1 is 1.00 bits per heavy atom. The minimum Gasteiger partial charge on any atom is -0.454 e. The second-order valence-corrected chi connectivity index (χ2v) is 9.46. The van der Waals surface area contributed by atoms with Crippen LogP contribution in [0, 0.1) is 5.82 Å². The Bertz CT molecular complexity index is 1330. The predicted octanol–water partition coefficient (Wildman–Crippen LogP) is 4.16. The molecule has 6 rings (SSSR count). The largest absolute Gasteiger partial charge is 0.454 e. The predicted molar refractivity (Wildman–Crippen MR) is 136 cm³/mol. The maximum atomic E-state index is 13.8. The second-order valence-electron chi connectivity index (χ2n) is 9.46. The summed E-state index contributed by atoms with van der Waals surface area (Å²) in [4.78, 5) is 22.9. The SMILES string of the molecule is CN1CCN(Cc2ccc(N=C(c3ccc4c(c3)OCO4)C3C(=O)Nc4cc(F)ccc43)cc2)CC1. The third-order valence-corrected chi connectivity index (χ3v) is 6.98. The van der Waals surface area contributed by atoms with Crippen LogP contribution in [-0.4, -0.2) is 61.4 Å². The van der Waals surface area contributed by atoms with Gasteiger partial charge in [-0.25, -0.2) is 4.39 Å². The van der Waals surface area contributed by atoms with Gasteiger partial charge in [0.05, 0.1) is 11.4 Å². The van der Waals surface area contributed by atoms with Crippen LogP contribution >= 0.6 is 0 Å². The van der Waals surface area contributed by atoms with E-state index in [4.69, 9.17) is 14.5 Å². The molecule has 0 aliphatic carbocycles. The van der Waals surface area contributed by atoms with Crippen molar-refractivity contribution in [1.82, 2.24) is 9.80 Å². The number of nitrogens with one attached hydrogen (secondary N) is 1. The van der Waals surface area contributed by atoms with E-state index in [-0.39, 0.29) is 12.7 Å². The summed E-state index contributed by atoms with van der Waals surface area (Å²) in [6.07, 6.45) is 0. The summed E-state index contributed by atoms with van der Waals surface area (Å²) in [7, 11) is 2.15. The molecule has 8 heteroatoms. The van der Waals surface area contributed by atoms with Crippen molar-refractivity contribution in [3.05, 3.63) is 83.2 Å². The molecule has 0 radical (unpaired) electrons. The smallest absolute Gasteiger partial charge is 0.238 e. The van der Waals surface area contributed by atoms with E-state index in [0.29, 0.717) is 28.5 Å². The molecule has 0 aromatic heterocycles. The standard InChI is InChI=1S/C28H27FN4O3/c1-32-10-12-33(13-11-32)16-18-2-6-21(7-3-18)30-27(19-4-9-24-25(14-19)36-17-35-24)26-22-8-5-20(29)15-23(22)31-28(26)34/h2-9,14-15,26H,10-13,16-17H2,1H3,(H,31,34). The molecule has 1 amide bonds. The quantitative estimate of drug-likeness (QED) is 0.549. The molecular formula is C28H27FN4O3. The summed E-state index contributed by atoms with van der Waals surface area (Å²) in [5, 5.41) is 2.81. The molecule has 1 fully saturated rings. The molecule has 1 unspecified atom stereocenters. The average Bonchev–Trinajstić information content (AvgIpc) is 3.47. The first-order valence-electron chi connectivity index (χ1n) is 12.1. The third kappa shape index (κ3) is 4.45. The average molecular weight is 487 g/mol. The number of rotatable bonds is 5. The Morgan fingerprint density at radius 2 is 1.78 bits per heavy atom. The summed E-state index contributed by atoms with van der Waals surface area (Å²) < 4.78 is 24.9. The molecule has 36 heavy (non-hydrogen) atoms. The number of carbonyl (C=O) groups excluding carboxylic acids is 1. The molecule has 0 bridgehead atoms. The lowest BCUT2D eigenvalue weighted by Crippen LogP contribution is -2.43. The first-order chi connectivity index (χ1) is 17.5. The summed E-state index contributed by atoms with van der Waals surface area (Å²) in [6.45, 7) is 5.33. The topological polar surface area (TPSA) is 66.4 Å². The van der Waals surface area contributed by atoms with Crippen molar-refractivity contribution in [2.24, 2.45) is 4.99 Å². The van der Waals surface area contributed by atoms with Gasteiger partial charge in [0.15, 0.2) is 11.5 Å². The molecule has 3 aromatic rings. The Labute approximate surface area is 209 Å². The number of aliphatic imine (C=N–C) groups is 1. The highest BCUT2D eigenvalue weighted by atomic mass is 19.1. The highest BCUT2D eigenvalue weighted by molar-refractivity contribution is 6.24. The van der Waals surface area contributed by atoms with E-state index in [1.165, 1.54) is 17.7 Å². The van der Waals surface area contributed by atoms with Crippen molar-refractivity contribution in [3.63, 3.8) is 0 Å². The van der Waals surface area contributed by atoms with E-state index >= 15 is 0 Å². The fraction of sp³-hybridized carbons (Fsp3) is 0.286. The molecule has 0 spiro atoms. The van der Waals surface area contributed by atoms with Crippen LogP contribution in [0.3, 0.4) is 0 Å². The van der Waals surface area contributed by atoms with Gasteiger partial charge in [-0.1, -0.05) is 18.2 Å². The van der Waals surface area contributed by atoms with E-state index in [1.54, 1.807) is 6.07 Å². The Balaban J connectivity index is 1.34. The van der Waals surface area contributed by atoms with Crippen molar-refractivity contribution >= 4 is 23.0 Å². The van der Waals surface area contributed by atoms with Crippen molar-refractivity contribution in [2.45, 2.75) is 12.5 Å². The number of nitrogens with zero attached hydrogens (tertiary/aromatic N) is 3. The lowest BCUT2D eigenvalue weighted by Gasteiger charge is -2.32. The Morgan fingerprint density at radius 3 is 2.58 bits per heavy atom. The van der Waals surface area contributed by atoms with Crippen LogP contribution in [-0.2, 0) is 11.3 Å². The van der Waals surface area contributed by atoms with Crippen LogP contribution in [0.2, 0.25) is 0 Å². The van der Waals surface area contributed by atoms with Gasteiger partial charge in [0.25, 0.3) is 0 Å². The number of ether oxygens (including phenoxy) is 2. The van der Waals surface area contributed by atoms with Crippen LogP contribution in [0.1, 0.15) is 22.6 Å². The Kier molecular flexibility index (Phi) is 5.91. The van der Waals surface area contributed by atoms with Crippen LogP contribution in [0.4, 0.5) is 15.8 Å². The third-order valence-electron chi connectivity index (χ3n) is 6.98. The zero-order valence-corrected chi connectivity index (χ0v) is 20.0. The highest BCUT2D eigenvalue weighted by Crippen LogP contribution is 2.39. The number of anilines is 1. The minimum absolute atomic E-state index is 0.159. The molecule has 0 saturated carbocycles. The fourth-order valence-electron chi connectivity index (χ4n) is 4.94. The molecule has 1 atom stereocenters. The van der Waals surface area contributed by atoms with Crippen LogP contribution in [0.5, 0.6) is 11.5 Å². The first-order valence-corrected chi connectivity index (χ1v) is 12.1. The van der Waals surface area contributed by atoms with Gasteiger partial charge in [-0.15, -0.1) is 0 Å². The number of carbonyl (C=O) groups is 1. The van der Waals surface area contributed by atoms with Crippen LogP contribution in [0.25, 0.3) is 0 Å². The summed E-state index contributed by atoms with van der Waals surface area (Å²) in [6, 6.07) is 18.1. The number of hydrogen-bond acceptors (Lipinski definition) is 6. The molecule has 3 aliphatic rings. The van der Waals surface area contributed by atoms with E-state index in [0.717, 1.165) is 44.0 Å². The van der Waals surface area contributed by atoms with Crippen LogP contribution in [0.15, 0.2) is 65.7 Å². The molecule has 3 aliphatic heterocycles. The lowest BCUT2D eigenvalue weighted by molar-refractivity contribution is -0.115. The van der Waals surface area contributed by atoms with Crippen LogP contribution < -0.4 is 14.8 Å². The molecule has 1 saturated heterocycles. The molecular weight excluding hydrogens is 459 g/mol. The van der Waals surface area contributed by atoms with Gasteiger partial charge >= 0.3 is 0 Å². The number of halogens is 1. The number of amides is 1. The van der Waals surface area contributed by atoms with Crippen molar-refractivity contribution in [1.29, 1.82) is 0 Å². The van der Waals surface area contributed by atoms with E-state index < -0.39 is 11.7 Å². The minimum atomic E-state index is -0.675. The Hall–Kier alpha value is -3.75. The van der Waals surface area contributed by atoms with Crippen molar-refractivity contribution < 1.29 is 18.7 Å². The number of benzene rings is 3.